The number of anilines is 1. The van der Waals surface area contributed by atoms with E-state index in [2.05, 4.69) is 10.6 Å². The molecule has 1 saturated heterocycles. The van der Waals surface area contributed by atoms with Gasteiger partial charge < -0.3 is 15.4 Å². The quantitative estimate of drug-likeness (QED) is 0.825. The van der Waals surface area contributed by atoms with Gasteiger partial charge in [-0.1, -0.05) is 12.5 Å². The van der Waals surface area contributed by atoms with Crippen LogP contribution in [0.5, 0.6) is 0 Å². The molecule has 1 aliphatic rings. The molecule has 1 aromatic rings. The van der Waals surface area contributed by atoms with Crippen molar-refractivity contribution in [3.63, 3.8) is 0 Å². The van der Waals surface area contributed by atoms with Crippen LogP contribution < -0.4 is 10.6 Å². The van der Waals surface area contributed by atoms with Crippen molar-refractivity contribution in [2.45, 2.75) is 32.2 Å². The zero-order valence-electron chi connectivity index (χ0n) is 11.6. The number of carbonyl (C=O) groups is 2. The maximum Gasteiger partial charge on any atom is 0.338 e. The molecule has 1 aromatic carbocycles. The fraction of sp³-hybridized carbons (Fsp3) is 0.467. The van der Waals surface area contributed by atoms with Crippen LogP contribution in [0.25, 0.3) is 0 Å². The van der Waals surface area contributed by atoms with E-state index in [1.807, 2.05) is 0 Å². The molecule has 1 amide bonds. The number of piperidine rings is 1. The Morgan fingerprint density at radius 3 is 2.95 bits per heavy atom. The van der Waals surface area contributed by atoms with Crippen LogP contribution in [-0.2, 0) is 9.53 Å². The molecular weight excluding hydrogens is 256 g/mol. The zero-order valence-corrected chi connectivity index (χ0v) is 11.6. The fourth-order valence-electron chi connectivity index (χ4n) is 2.24. The Kier molecular flexibility index (Phi) is 5.12. The molecule has 20 heavy (non-hydrogen) atoms. The minimum Gasteiger partial charge on any atom is -0.462 e. The number of hydrogen-bond acceptors (Lipinski definition) is 4. The van der Waals surface area contributed by atoms with Gasteiger partial charge in [0.1, 0.15) is 0 Å². The third-order valence-corrected chi connectivity index (χ3v) is 3.27. The van der Waals surface area contributed by atoms with Gasteiger partial charge in [0, 0.05) is 5.69 Å². The summed E-state index contributed by atoms with van der Waals surface area (Å²) in [6.07, 6.45) is 3.03. The molecule has 0 saturated carbocycles. The normalized spacial score (nSPS) is 18.4. The van der Waals surface area contributed by atoms with Gasteiger partial charge in [0.2, 0.25) is 5.91 Å². The van der Waals surface area contributed by atoms with Crippen LogP contribution in [0.15, 0.2) is 24.3 Å². The van der Waals surface area contributed by atoms with Gasteiger partial charge in [0.05, 0.1) is 18.2 Å². The van der Waals surface area contributed by atoms with Gasteiger partial charge in [-0.3, -0.25) is 4.79 Å². The second kappa shape index (κ2) is 7.05. The highest BCUT2D eigenvalue weighted by Crippen LogP contribution is 2.14. The minimum absolute atomic E-state index is 0.0503. The van der Waals surface area contributed by atoms with Gasteiger partial charge in [-0.05, 0) is 44.5 Å². The van der Waals surface area contributed by atoms with Crippen molar-refractivity contribution in [2.75, 3.05) is 18.5 Å². The highest BCUT2D eigenvalue weighted by molar-refractivity contribution is 5.97. The van der Waals surface area contributed by atoms with E-state index in [-0.39, 0.29) is 17.9 Å². The number of amides is 1. The lowest BCUT2D eigenvalue weighted by Crippen LogP contribution is -2.43. The standard InChI is InChI=1S/C15H20N2O3/c1-2-20-15(19)11-6-5-7-12(10-11)17-14(18)13-8-3-4-9-16-13/h5-7,10,13,16H,2-4,8-9H2,1H3,(H,17,18)/t13-/m1/s1. The highest BCUT2D eigenvalue weighted by Gasteiger charge is 2.20. The number of esters is 1. The molecule has 0 aliphatic carbocycles. The van der Waals surface area contributed by atoms with Gasteiger partial charge >= 0.3 is 5.97 Å². The lowest BCUT2D eigenvalue weighted by Gasteiger charge is -2.22. The van der Waals surface area contributed by atoms with E-state index in [1.54, 1.807) is 31.2 Å². The Morgan fingerprint density at radius 2 is 2.25 bits per heavy atom. The molecule has 1 aliphatic heterocycles. The number of hydrogen-bond donors (Lipinski definition) is 2. The second-order valence-corrected chi connectivity index (χ2v) is 4.79. The number of benzene rings is 1. The Labute approximate surface area is 118 Å². The summed E-state index contributed by atoms with van der Waals surface area (Å²) >= 11 is 0. The molecule has 0 aromatic heterocycles. The topological polar surface area (TPSA) is 67.4 Å². The summed E-state index contributed by atoms with van der Waals surface area (Å²) in [7, 11) is 0. The van der Waals surface area contributed by atoms with Crippen LogP contribution in [0.3, 0.4) is 0 Å². The third-order valence-electron chi connectivity index (χ3n) is 3.27. The lowest BCUT2D eigenvalue weighted by atomic mass is 10.0. The molecule has 2 N–H and O–H groups in total. The van der Waals surface area contributed by atoms with Crippen LogP contribution in [-0.4, -0.2) is 31.1 Å². The highest BCUT2D eigenvalue weighted by atomic mass is 16.5. The summed E-state index contributed by atoms with van der Waals surface area (Å²) in [5.41, 5.74) is 1.06. The number of ether oxygens (including phenoxy) is 1. The van der Waals surface area contributed by atoms with E-state index in [4.69, 9.17) is 4.74 Å². The first kappa shape index (κ1) is 14.5. The van der Waals surface area contributed by atoms with E-state index >= 15 is 0 Å². The lowest BCUT2D eigenvalue weighted by molar-refractivity contribution is -0.118. The first-order valence-corrected chi connectivity index (χ1v) is 7.02. The van der Waals surface area contributed by atoms with E-state index in [0.717, 1.165) is 25.8 Å². The average molecular weight is 276 g/mol. The molecule has 2 rings (SSSR count). The number of carbonyl (C=O) groups excluding carboxylic acids is 2. The SMILES string of the molecule is CCOC(=O)c1cccc(NC(=O)[C@H]2CCCCN2)c1. The Hall–Kier alpha value is -1.88. The van der Waals surface area contributed by atoms with Gasteiger partial charge in [-0.25, -0.2) is 4.79 Å². The predicted molar refractivity (Wildman–Crippen MR) is 76.7 cm³/mol. The van der Waals surface area contributed by atoms with Crippen molar-refractivity contribution in [1.82, 2.24) is 5.32 Å². The Balaban J connectivity index is 2.00. The Morgan fingerprint density at radius 1 is 1.40 bits per heavy atom. The first-order chi connectivity index (χ1) is 9.70. The number of rotatable bonds is 4. The maximum absolute atomic E-state index is 12.1. The molecule has 0 radical (unpaired) electrons. The molecule has 0 spiro atoms. The predicted octanol–water partition coefficient (Wildman–Crippen LogP) is 1.94. The molecule has 0 unspecified atom stereocenters. The summed E-state index contributed by atoms with van der Waals surface area (Å²) in [5, 5.41) is 6.03. The summed E-state index contributed by atoms with van der Waals surface area (Å²) in [4.78, 5) is 23.7. The first-order valence-electron chi connectivity index (χ1n) is 7.02. The fourth-order valence-corrected chi connectivity index (χ4v) is 2.24. The van der Waals surface area contributed by atoms with Crippen LogP contribution >= 0.6 is 0 Å². The van der Waals surface area contributed by atoms with Crippen LogP contribution in [0.2, 0.25) is 0 Å². The van der Waals surface area contributed by atoms with E-state index in [0.29, 0.717) is 17.9 Å². The van der Waals surface area contributed by atoms with Crippen molar-refractivity contribution in [3.8, 4) is 0 Å². The van der Waals surface area contributed by atoms with Crippen molar-refractivity contribution in [2.24, 2.45) is 0 Å². The molecule has 1 fully saturated rings. The van der Waals surface area contributed by atoms with E-state index in [1.165, 1.54) is 0 Å². The average Bonchev–Trinajstić information content (AvgIpc) is 2.48. The summed E-state index contributed by atoms with van der Waals surface area (Å²) in [6.45, 7) is 2.97. The largest absolute Gasteiger partial charge is 0.462 e. The van der Waals surface area contributed by atoms with Crippen molar-refractivity contribution >= 4 is 17.6 Å². The molecule has 5 heteroatoms. The van der Waals surface area contributed by atoms with Gasteiger partial charge in [0.25, 0.3) is 0 Å². The van der Waals surface area contributed by atoms with Crippen LogP contribution in [0, 0.1) is 0 Å². The molecular formula is C15H20N2O3. The van der Waals surface area contributed by atoms with Crippen molar-refractivity contribution < 1.29 is 14.3 Å². The zero-order chi connectivity index (χ0) is 14.4. The molecule has 1 atom stereocenters. The summed E-state index contributed by atoms with van der Waals surface area (Å²) < 4.78 is 4.94. The molecule has 5 nitrogen and oxygen atoms in total. The summed E-state index contributed by atoms with van der Waals surface area (Å²) in [6, 6.07) is 6.67. The van der Waals surface area contributed by atoms with Gasteiger partial charge in [-0.2, -0.15) is 0 Å². The second-order valence-electron chi connectivity index (χ2n) is 4.79. The minimum atomic E-state index is -0.376. The van der Waals surface area contributed by atoms with Crippen molar-refractivity contribution in [1.29, 1.82) is 0 Å². The monoisotopic (exact) mass is 276 g/mol. The van der Waals surface area contributed by atoms with E-state index < -0.39 is 0 Å². The molecule has 108 valence electrons. The molecule has 1 heterocycles. The Bertz CT molecular complexity index is 482. The summed E-state index contributed by atoms with van der Waals surface area (Å²) in [5.74, 6) is -0.426. The van der Waals surface area contributed by atoms with Crippen LogP contribution in [0.4, 0.5) is 5.69 Å². The maximum atomic E-state index is 12.1. The van der Waals surface area contributed by atoms with Crippen molar-refractivity contribution in [3.05, 3.63) is 29.8 Å². The van der Waals surface area contributed by atoms with E-state index in [9.17, 15) is 9.59 Å². The number of nitrogens with one attached hydrogen (secondary N) is 2. The third kappa shape index (κ3) is 3.81. The van der Waals surface area contributed by atoms with Crippen LogP contribution in [0.1, 0.15) is 36.5 Å². The molecule has 0 bridgehead atoms. The van der Waals surface area contributed by atoms with Gasteiger partial charge in [-0.15, -0.1) is 0 Å². The van der Waals surface area contributed by atoms with Gasteiger partial charge in [0.15, 0.2) is 0 Å². The smallest absolute Gasteiger partial charge is 0.338 e.